The minimum atomic E-state index is -2.96. The van der Waals surface area contributed by atoms with Crippen molar-refractivity contribution in [1.29, 1.82) is 0 Å². The predicted molar refractivity (Wildman–Crippen MR) is 79.5 cm³/mol. The second kappa shape index (κ2) is 7.26. The summed E-state index contributed by atoms with van der Waals surface area (Å²) in [5.41, 5.74) is 0.448. The smallest absolute Gasteiger partial charge is 0.387 e. The standard InChI is InChI=1S/C16H11F2NO4/c17-16(18)23-15-4-2-1-3-12(15)7-10-14(20)11-5-8-13(9-6-11)19(21)22/h1-10,16H. The summed E-state index contributed by atoms with van der Waals surface area (Å²) in [6, 6.07) is 11.1. The molecule has 2 aromatic carbocycles. The summed E-state index contributed by atoms with van der Waals surface area (Å²) < 4.78 is 29.0. The molecule has 0 unspecified atom stereocenters. The van der Waals surface area contributed by atoms with Crippen molar-refractivity contribution in [3.63, 3.8) is 0 Å². The van der Waals surface area contributed by atoms with Crippen LogP contribution < -0.4 is 4.74 Å². The molecule has 0 spiro atoms. The van der Waals surface area contributed by atoms with Gasteiger partial charge in [-0.15, -0.1) is 0 Å². The van der Waals surface area contributed by atoms with Crippen molar-refractivity contribution in [3.8, 4) is 5.75 Å². The second-order valence-electron chi connectivity index (χ2n) is 4.42. The molecule has 5 nitrogen and oxygen atoms in total. The van der Waals surface area contributed by atoms with Crippen LogP contribution >= 0.6 is 0 Å². The fourth-order valence-corrected chi connectivity index (χ4v) is 1.83. The average molecular weight is 319 g/mol. The lowest BCUT2D eigenvalue weighted by molar-refractivity contribution is -0.384. The van der Waals surface area contributed by atoms with E-state index in [4.69, 9.17) is 0 Å². The Hall–Kier alpha value is -3.09. The number of hydrogen-bond donors (Lipinski definition) is 0. The fourth-order valence-electron chi connectivity index (χ4n) is 1.83. The average Bonchev–Trinajstić information content (AvgIpc) is 2.53. The maximum atomic E-state index is 12.3. The number of non-ortho nitro benzene ring substituents is 1. The Bertz CT molecular complexity index is 742. The Labute approximate surface area is 130 Å². The van der Waals surface area contributed by atoms with Gasteiger partial charge in [-0.3, -0.25) is 14.9 Å². The van der Waals surface area contributed by atoms with E-state index in [1.165, 1.54) is 54.6 Å². The molecule has 0 fully saturated rings. The van der Waals surface area contributed by atoms with Gasteiger partial charge in [-0.2, -0.15) is 8.78 Å². The molecular weight excluding hydrogens is 308 g/mol. The number of ketones is 1. The number of hydrogen-bond acceptors (Lipinski definition) is 4. The lowest BCUT2D eigenvalue weighted by atomic mass is 10.1. The highest BCUT2D eigenvalue weighted by Crippen LogP contribution is 2.22. The molecule has 0 aliphatic rings. The number of benzene rings is 2. The lowest BCUT2D eigenvalue weighted by Gasteiger charge is -2.07. The number of ether oxygens (including phenoxy) is 1. The van der Waals surface area contributed by atoms with Crippen LogP contribution in [-0.2, 0) is 0 Å². The van der Waals surface area contributed by atoms with E-state index in [9.17, 15) is 23.7 Å². The molecule has 0 atom stereocenters. The zero-order valence-corrected chi connectivity index (χ0v) is 11.7. The molecule has 0 saturated carbocycles. The molecule has 118 valence electrons. The largest absolute Gasteiger partial charge is 0.434 e. The van der Waals surface area contributed by atoms with E-state index in [2.05, 4.69) is 4.74 Å². The molecule has 2 rings (SSSR count). The zero-order chi connectivity index (χ0) is 16.8. The van der Waals surface area contributed by atoms with Crippen LogP contribution in [0.15, 0.2) is 54.6 Å². The van der Waals surface area contributed by atoms with Gasteiger partial charge in [-0.1, -0.05) is 18.2 Å². The number of alkyl halides is 2. The van der Waals surface area contributed by atoms with Crippen molar-refractivity contribution in [2.75, 3.05) is 0 Å². The summed E-state index contributed by atoms with van der Waals surface area (Å²) in [5.74, 6) is -0.456. The summed E-state index contributed by atoms with van der Waals surface area (Å²) in [5, 5.41) is 10.5. The summed E-state index contributed by atoms with van der Waals surface area (Å²) >= 11 is 0. The Morgan fingerprint density at radius 1 is 1.13 bits per heavy atom. The van der Waals surface area contributed by atoms with E-state index in [0.717, 1.165) is 0 Å². The van der Waals surface area contributed by atoms with Crippen LogP contribution in [0, 0.1) is 10.1 Å². The molecule has 0 aliphatic carbocycles. The molecule has 23 heavy (non-hydrogen) atoms. The molecular formula is C16H11F2NO4. The first kappa shape index (κ1) is 16.3. The van der Waals surface area contributed by atoms with Crippen molar-refractivity contribution < 1.29 is 23.2 Å². The Morgan fingerprint density at radius 3 is 2.39 bits per heavy atom. The van der Waals surface area contributed by atoms with Crippen LogP contribution in [0.4, 0.5) is 14.5 Å². The van der Waals surface area contributed by atoms with Crippen molar-refractivity contribution in [1.82, 2.24) is 0 Å². The second-order valence-corrected chi connectivity index (χ2v) is 4.42. The quantitative estimate of drug-likeness (QED) is 0.348. The number of nitrogens with zero attached hydrogens (tertiary/aromatic N) is 1. The molecule has 0 amide bonds. The first-order chi connectivity index (χ1) is 11.0. The lowest BCUT2D eigenvalue weighted by Crippen LogP contribution is -2.03. The molecule has 0 saturated heterocycles. The van der Waals surface area contributed by atoms with Gasteiger partial charge in [0, 0.05) is 23.3 Å². The SMILES string of the molecule is O=C(C=Cc1ccccc1OC(F)F)c1ccc([N+](=O)[O-])cc1. The Balaban J connectivity index is 2.16. The van der Waals surface area contributed by atoms with Gasteiger partial charge in [0.1, 0.15) is 5.75 Å². The Kier molecular flexibility index (Phi) is 5.14. The topological polar surface area (TPSA) is 69.4 Å². The van der Waals surface area contributed by atoms with Crippen LogP contribution in [0.2, 0.25) is 0 Å². The van der Waals surface area contributed by atoms with Crippen molar-refractivity contribution in [2.45, 2.75) is 6.61 Å². The van der Waals surface area contributed by atoms with Gasteiger partial charge < -0.3 is 4.74 Å². The van der Waals surface area contributed by atoms with Gasteiger partial charge in [0.05, 0.1) is 4.92 Å². The van der Waals surface area contributed by atoms with Crippen LogP contribution in [0.3, 0.4) is 0 Å². The first-order valence-electron chi connectivity index (χ1n) is 6.48. The van der Waals surface area contributed by atoms with E-state index in [1.807, 2.05) is 0 Å². The highest BCUT2D eigenvalue weighted by molar-refractivity contribution is 6.07. The minimum Gasteiger partial charge on any atom is -0.434 e. The molecule has 0 radical (unpaired) electrons. The molecule has 0 bridgehead atoms. The van der Waals surface area contributed by atoms with Crippen LogP contribution in [0.5, 0.6) is 5.75 Å². The van der Waals surface area contributed by atoms with Gasteiger partial charge >= 0.3 is 6.61 Å². The van der Waals surface area contributed by atoms with Gasteiger partial charge in [0.2, 0.25) is 0 Å². The predicted octanol–water partition coefficient (Wildman–Crippen LogP) is 4.09. The maximum Gasteiger partial charge on any atom is 0.387 e. The van der Waals surface area contributed by atoms with E-state index < -0.39 is 17.3 Å². The first-order valence-corrected chi connectivity index (χ1v) is 6.48. The molecule has 7 heteroatoms. The number of carbonyl (C=O) groups excluding carboxylic acids is 1. The molecule has 0 aliphatic heterocycles. The zero-order valence-electron chi connectivity index (χ0n) is 11.7. The monoisotopic (exact) mass is 319 g/mol. The van der Waals surface area contributed by atoms with E-state index >= 15 is 0 Å². The Morgan fingerprint density at radius 2 is 1.78 bits per heavy atom. The minimum absolute atomic E-state index is 0.0461. The number of allylic oxidation sites excluding steroid dienone is 1. The van der Waals surface area contributed by atoms with E-state index in [1.54, 1.807) is 6.07 Å². The molecule has 2 aromatic rings. The number of nitro benzene ring substituents is 1. The van der Waals surface area contributed by atoms with E-state index in [0.29, 0.717) is 5.56 Å². The summed E-state index contributed by atoms with van der Waals surface area (Å²) in [6.45, 7) is -2.96. The van der Waals surface area contributed by atoms with Crippen molar-refractivity contribution in [2.24, 2.45) is 0 Å². The van der Waals surface area contributed by atoms with Gasteiger partial charge in [0.15, 0.2) is 5.78 Å². The van der Waals surface area contributed by atoms with Gasteiger partial charge in [-0.25, -0.2) is 0 Å². The van der Waals surface area contributed by atoms with Crippen LogP contribution in [0.1, 0.15) is 15.9 Å². The highest BCUT2D eigenvalue weighted by Gasteiger charge is 2.09. The van der Waals surface area contributed by atoms with Crippen molar-refractivity contribution in [3.05, 3.63) is 75.8 Å². The van der Waals surface area contributed by atoms with Crippen molar-refractivity contribution >= 4 is 17.5 Å². The number of nitro groups is 1. The third-order valence-corrected chi connectivity index (χ3v) is 2.91. The fraction of sp³-hybridized carbons (Fsp3) is 0.0625. The number of halogens is 2. The summed E-state index contributed by atoms with van der Waals surface area (Å²) in [4.78, 5) is 22.0. The number of rotatable bonds is 6. The van der Waals surface area contributed by atoms with Crippen LogP contribution in [-0.4, -0.2) is 17.3 Å². The highest BCUT2D eigenvalue weighted by atomic mass is 19.3. The third-order valence-electron chi connectivity index (χ3n) is 2.91. The normalized spacial score (nSPS) is 10.9. The molecule has 0 heterocycles. The van der Waals surface area contributed by atoms with Crippen LogP contribution in [0.25, 0.3) is 6.08 Å². The maximum absolute atomic E-state index is 12.3. The number of carbonyl (C=O) groups is 1. The molecule has 0 N–H and O–H groups in total. The van der Waals surface area contributed by atoms with Gasteiger partial charge in [-0.05, 0) is 30.4 Å². The third kappa shape index (κ3) is 4.44. The van der Waals surface area contributed by atoms with Gasteiger partial charge in [0.25, 0.3) is 5.69 Å². The number of para-hydroxylation sites is 1. The summed E-state index contributed by atoms with van der Waals surface area (Å²) in [7, 11) is 0. The molecule has 0 aromatic heterocycles. The summed E-state index contributed by atoms with van der Waals surface area (Å²) in [6.07, 6.45) is 2.54. The van der Waals surface area contributed by atoms with E-state index in [-0.39, 0.29) is 17.0 Å².